The van der Waals surface area contributed by atoms with Crippen molar-refractivity contribution in [2.45, 2.75) is 12.8 Å². The van der Waals surface area contributed by atoms with Gasteiger partial charge in [-0.05, 0) is 12.8 Å². The lowest BCUT2D eigenvalue weighted by Gasteiger charge is -1.91. The van der Waals surface area contributed by atoms with Crippen LogP contribution >= 0.6 is 17.0 Å². The zero-order chi connectivity index (χ0) is 10.9. The first-order valence-corrected chi connectivity index (χ1v) is 5.66. The first-order chi connectivity index (χ1) is 6.56. The highest BCUT2D eigenvalue weighted by molar-refractivity contribution is 8.93. The van der Waals surface area contributed by atoms with Crippen molar-refractivity contribution in [2.24, 2.45) is 0 Å². The number of rotatable bonds is 4. The molecule has 0 atom stereocenters. The van der Waals surface area contributed by atoms with Crippen molar-refractivity contribution < 1.29 is 13.0 Å². The van der Waals surface area contributed by atoms with Crippen molar-refractivity contribution in [3.8, 4) is 0 Å². The Morgan fingerprint density at radius 2 is 2.20 bits per heavy atom. The van der Waals surface area contributed by atoms with Gasteiger partial charge in [-0.2, -0.15) is 8.42 Å². The van der Waals surface area contributed by atoms with Crippen molar-refractivity contribution in [1.82, 2.24) is 9.97 Å². The van der Waals surface area contributed by atoms with E-state index in [2.05, 4.69) is 16.5 Å². The minimum Gasteiger partial charge on any atom is -0.351 e. The van der Waals surface area contributed by atoms with Crippen molar-refractivity contribution >= 4 is 27.1 Å². The quantitative estimate of drug-likeness (QED) is 0.505. The van der Waals surface area contributed by atoms with Gasteiger partial charge in [0.25, 0.3) is 10.1 Å². The van der Waals surface area contributed by atoms with Gasteiger partial charge >= 0.3 is 0 Å². The van der Waals surface area contributed by atoms with Crippen LogP contribution in [0.2, 0.25) is 0 Å². The molecule has 5 nitrogen and oxygen atoms in total. The predicted octanol–water partition coefficient (Wildman–Crippen LogP) is 1.83. The Morgan fingerprint density at radius 3 is 2.47 bits per heavy atom. The van der Waals surface area contributed by atoms with Crippen molar-refractivity contribution in [3.05, 3.63) is 31.4 Å². The van der Waals surface area contributed by atoms with Crippen LogP contribution in [0.4, 0.5) is 0 Å². The molecule has 15 heavy (non-hydrogen) atoms. The number of aromatic amines is 1. The SMILES string of the molecule is Br.C=CCCCS(=O)(=O)O.c1c[nH]cn1. The summed E-state index contributed by atoms with van der Waals surface area (Å²) >= 11 is 0. The van der Waals surface area contributed by atoms with E-state index in [0.717, 1.165) is 0 Å². The molecule has 1 aromatic heterocycles. The molecule has 0 aliphatic carbocycles. The van der Waals surface area contributed by atoms with Crippen molar-refractivity contribution in [2.75, 3.05) is 5.75 Å². The van der Waals surface area contributed by atoms with Gasteiger partial charge in [0.15, 0.2) is 0 Å². The summed E-state index contributed by atoms with van der Waals surface area (Å²) in [5.74, 6) is -0.168. The molecular formula is C8H15BrN2O3S. The second-order valence-corrected chi connectivity index (χ2v) is 4.05. The van der Waals surface area contributed by atoms with Gasteiger partial charge in [0.1, 0.15) is 0 Å². The Morgan fingerprint density at radius 1 is 1.53 bits per heavy atom. The number of H-pyrrole nitrogens is 1. The number of hydrogen-bond acceptors (Lipinski definition) is 3. The number of halogens is 1. The van der Waals surface area contributed by atoms with E-state index >= 15 is 0 Å². The molecule has 0 bridgehead atoms. The molecule has 0 aliphatic rings. The number of unbranched alkanes of at least 4 members (excludes halogenated alkanes) is 1. The van der Waals surface area contributed by atoms with E-state index in [1.807, 2.05) is 0 Å². The molecular weight excluding hydrogens is 284 g/mol. The van der Waals surface area contributed by atoms with Gasteiger partial charge in [-0.3, -0.25) is 4.55 Å². The molecule has 1 heterocycles. The minimum atomic E-state index is -3.74. The Hall–Kier alpha value is -0.660. The van der Waals surface area contributed by atoms with Gasteiger partial charge in [-0.25, -0.2) is 4.98 Å². The molecule has 0 spiro atoms. The zero-order valence-corrected chi connectivity index (χ0v) is 10.7. The first kappa shape index (κ1) is 16.8. The maximum absolute atomic E-state index is 10.0. The van der Waals surface area contributed by atoms with Gasteiger partial charge < -0.3 is 4.98 Å². The summed E-state index contributed by atoms with van der Waals surface area (Å²) in [6.07, 6.45) is 7.77. The zero-order valence-electron chi connectivity index (χ0n) is 8.17. The maximum Gasteiger partial charge on any atom is 0.264 e. The summed E-state index contributed by atoms with van der Waals surface area (Å²) in [6.45, 7) is 3.40. The lowest BCUT2D eigenvalue weighted by Crippen LogP contribution is -2.02. The summed E-state index contributed by atoms with van der Waals surface area (Å²) in [5.41, 5.74) is 0. The van der Waals surface area contributed by atoms with Crippen molar-refractivity contribution in [1.29, 1.82) is 0 Å². The number of aromatic nitrogens is 2. The van der Waals surface area contributed by atoms with Gasteiger partial charge in [0.2, 0.25) is 0 Å². The summed E-state index contributed by atoms with van der Waals surface area (Å²) in [5, 5.41) is 0. The van der Waals surface area contributed by atoms with E-state index in [-0.39, 0.29) is 22.7 Å². The average Bonchev–Trinajstić information content (AvgIpc) is 2.59. The van der Waals surface area contributed by atoms with Gasteiger partial charge in [0, 0.05) is 12.4 Å². The number of hydrogen-bond donors (Lipinski definition) is 2. The monoisotopic (exact) mass is 298 g/mol. The minimum absolute atomic E-state index is 0. The van der Waals surface area contributed by atoms with Crippen LogP contribution in [0, 0.1) is 0 Å². The highest BCUT2D eigenvalue weighted by Gasteiger charge is 2.00. The van der Waals surface area contributed by atoms with Crippen LogP contribution in [0.15, 0.2) is 31.4 Å². The highest BCUT2D eigenvalue weighted by Crippen LogP contribution is 1.93. The van der Waals surface area contributed by atoms with Gasteiger partial charge in [-0.1, -0.05) is 6.08 Å². The molecule has 1 rings (SSSR count). The van der Waals surface area contributed by atoms with E-state index in [1.165, 1.54) is 0 Å². The maximum atomic E-state index is 10.0. The van der Waals surface area contributed by atoms with Crippen LogP contribution < -0.4 is 0 Å². The smallest absolute Gasteiger partial charge is 0.264 e. The Bertz CT molecular complexity index is 306. The van der Waals surface area contributed by atoms with Crippen LogP contribution in [-0.2, 0) is 10.1 Å². The van der Waals surface area contributed by atoms with E-state index < -0.39 is 10.1 Å². The van der Waals surface area contributed by atoms with Gasteiger partial charge in [-0.15, -0.1) is 23.6 Å². The molecule has 0 radical (unpaired) electrons. The third kappa shape index (κ3) is 16.0. The first-order valence-electron chi connectivity index (χ1n) is 4.05. The summed E-state index contributed by atoms with van der Waals surface area (Å²) in [7, 11) is -3.74. The lowest BCUT2D eigenvalue weighted by atomic mass is 10.3. The molecule has 1 aromatic rings. The molecule has 0 aromatic carbocycles. The number of allylic oxidation sites excluding steroid dienone is 1. The van der Waals surface area contributed by atoms with Crippen LogP contribution in [0.25, 0.3) is 0 Å². The highest BCUT2D eigenvalue weighted by atomic mass is 79.9. The van der Waals surface area contributed by atoms with E-state index in [1.54, 1.807) is 24.8 Å². The molecule has 0 saturated heterocycles. The van der Waals surface area contributed by atoms with Crippen LogP contribution in [-0.4, -0.2) is 28.7 Å². The molecule has 0 fully saturated rings. The summed E-state index contributed by atoms with van der Waals surface area (Å²) in [6, 6.07) is 0. The van der Waals surface area contributed by atoms with Crippen molar-refractivity contribution in [3.63, 3.8) is 0 Å². The van der Waals surface area contributed by atoms with E-state index in [0.29, 0.717) is 12.8 Å². The molecule has 7 heteroatoms. The average molecular weight is 299 g/mol. The second-order valence-electron chi connectivity index (χ2n) is 2.48. The van der Waals surface area contributed by atoms with Crippen LogP contribution in [0.3, 0.4) is 0 Å². The molecule has 0 aliphatic heterocycles. The van der Waals surface area contributed by atoms with Crippen LogP contribution in [0.5, 0.6) is 0 Å². The normalized spacial score (nSPS) is 9.40. The van der Waals surface area contributed by atoms with E-state index in [9.17, 15) is 8.42 Å². The number of imidazole rings is 1. The summed E-state index contributed by atoms with van der Waals surface area (Å²) < 4.78 is 28.2. The Balaban J connectivity index is 0. The molecule has 0 amide bonds. The van der Waals surface area contributed by atoms with E-state index in [4.69, 9.17) is 4.55 Å². The standard InChI is InChI=1S/C5H10O3S.C3H4N2.BrH/c1-2-3-4-5-9(6,7)8;1-2-5-3-4-1;/h2H,1,3-5H2,(H,6,7,8);1-3H,(H,4,5);1H. The number of nitrogens with one attached hydrogen (secondary N) is 1. The fourth-order valence-electron chi connectivity index (χ4n) is 0.625. The molecule has 88 valence electrons. The lowest BCUT2D eigenvalue weighted by molar-refractivity contribution is 0.481. The number of nitrogens with zero attached hydrogens (tertiary/aromatic N) is 1. The molecule has 0 unspecified atom stereocenters. The molecule has 2 N–H and O–H groups in total. The topological polar surface area (TPSA) is 83.0 Å². The third-order valence-electron chi connectivity index (χ3n) is 1.22. The Kier molecular flexibility index (Phi) is 11.0. The largest absolute Gasteiger partial charge is 0.351 e. The van der Waals surface area contributed by atoms with Gasteiger partial charge in [0.05, 0.1) is 12.1 Å². The predicted molar refractivity (Wildman–Crippen MR) is 64.8 cm³/mol. The second kappa shape index (κ2) is 9.88. The third-order valence-corrected chi connectivity index (χ3v) is 2.02. The fraction of sp³-hybridized carbons (Fsp3) is 0.375. The molecule has 0 saturated carbocycles. The van der Waals surface area contributed by atoms with Crippen LogP contribution in [0.1, 0.15) is 12.8 Å². The Labute approximate surface area is 100 Å². The fourth-order valence-corrected chi connectivity index (χ4v) is 1.16. The summed E-state index contributed by atoms with van der Waals surface area (Å²) in [4.78, 5) is 6.42.